The van der Waals surface area contributed by atoms with Gasteiger partial charge >= 0.3 is 0 Å². The van der Waals surface area contributed by atoms with Gasteiger partial charge in [0.25, 0.3) is 11.7 Å². The van der Waals surface area contributed by atoms with Crippen LogP contribution in [0.4, 0.5) is 5.82 Å². The first kappa shape index (κ1) is 21.3. The second-order valence-corrected chi connectivity index (χ2v) is 8.00. The smallest absolute Gasteiger partial charge is 0.296 e. The fourth-order valence-electron chi connectivity index (χ4n) is 3.78. The van der Waals surface area contributed by atoms with Gasteiger partial charge in [-0.25, -0.2) is 14.2 Å². The lowest BCUT2D eigenvalue weighted by molar-refractivity contribution is 0.101. The van der Waals surface area contributed by atoms with Crippen molar-refractivity contribution in [2.24, 2.45) is 0 Å². The number of amides is 1. The van der Waals surface area contributed by atoms with E-state index >= 15 is 0 Å². The van der Waals surface area contributed by atoms with E-state index in [0.717, 1.165) is 28.2 Å². The van der Waals surface area contributed by atoms with Crippen LogP contribution in [0, 0.1) is 20.8 Å². The number of fused-ring (bicyclic) bond motifs is 1. The number of carbonyl (C=O) groups is 1. The van der Waals surface area contributed by atoms with Crippen LogP contribution in [0.15, 0.2) is 60.7 Å². The van der Waals surface area contributed by atoms with Crippen molar-refractivity contribution in [2.75, 3.05) is 12.4 Å². The fourth-order valence-corrected chi connectivity index (χ4v) is 3.78. The SMILES string of the molecule is COc1ccccc1-c1cc(NC(=O)c2nc3nc(C)cc(C)n3n2)n(-c2ccc(C)cc2)n1. The van der Waals surface area contributed by atoms with Crippen LogP contribution >= 0.6 is 0 Å². The van der Waals surface area contributed by atoms with Crippen LogP contribution in [0.3, 0.4) is 0 Å². The van der Waals surface area contributed by atoms with Crippen molar-refractivity contribution in [3.8, 4) is 22.7 Å². The van der Waals surface area contributed by atoms with Crippen molar-refractivity contribution in [2.45, 2.75) is 20.8 Å². The molecule has 34 heavy (non-hydrogen) atoms. The van der Waals surface area contributed by atoms with Crippen LogP contribution in [-0.2, 0) is 0 Å². The Labute approximate surface area is 196 Å². The van der Waals surface area contributed by atoms with Crippen molar-refractivity contribution in [3.05, 3.63) is 83.4 Å². The van der Waals surface area contributed by atoms with Crippen molar-refractivity contribution < 1.29 is 9.53 Å². The summed E-state index contributed by atoms with van der Waals surface area (Å²) in [6.45, 7) is 5.79. The van der Waals surface area contributed by atoms with E-state index in [9.17, 15) is 4.79 Å². The minimum absolute atomic E-state index is 0.0247. The molecule has 5 aromatic rings. The number of nitrogens with zero attached hydrogens (tertiary/aromatic N) is 6. The molecule has 0 unspecified atom stereocenters. The quantitative estimate of drug-likeness (QED) is 0.429. The average Bonchev–Trinajstić information content (AvgIpc) is 3.44. The summed E-state index contributed by atoms with van der Waals surface area (Å²) in [5, 5.41) is 12.0. The van der Waals surface area contributed by atoms with Crippen LogP contribution in [-0.4, -0.2) is 42.4 Å². The van der Waals surface area contributed by atoms with Gasteiger partial charge in [0.1, 0.15) is 11.6 Å². The predicted molar refractivity (Wildman–Crippen MR) is 128 cm³/mol. The van der Waals surface area contributed by atoms with Gasteiger partial charge in [-0.1, -0.05) is 29.8 Å². The minimum atomic E-state index is -0.456. The van der Waals surface area contributed by atoms with Gasteiger partial charge in [0, 0.05) is 23.0 Å². The number of para-hydroxylation sites is 1. The number of anilines is 1. The summed E-state index contributed by atoms with van der Waals surface area (Å²) in [6.07, 6.45) is 0. The number of benzene rings is 2. The average molecular weight is 454 g/mol. The Morgan fingerprint density at radius 2 is 1.71 bits per heavy atom. The third-order valence-electron chi connectivity index (χ3n) is 5.43. The maximum Gasteiger partial charge on any atom is 0.296 e. The molecule has 170 valence electrons. The first-order valence-electron chi connectivity index (χ1n) is 10.8. The largest absolute Gasteiger partial charge is 0.496 e. The van der Waals surface area contributed by atoms with E-state index in [1.807, 2.05) is 75.4 Å². The number of rotatable bonds is 5. The number of hydrogen-bond acceptors (Lipinski definition) is 6. The molecule has 2 aromatic carbocycles. The summed E-state index contributed by atoms with van der Waals surface area (Å²) < 4.78 is 8.75. The summed E-state index contributed by atoms with van der Waals surface area (Å²) in [5.41, 5.74) is 5.05. The van der Waals surface area contributed by atoms with E-state index in [0.29, 0.717) is 23.0 Å². The van der Waals surface area contributed by atoms with Gasteiger partial charge < -0.3 is 10.1 Å². The normalized spacial score (nSPS) is 11.1. The molecule has 0 aliphatic carbocycles. The Morgan fingerprint density at radius 1 is 0.941 bits per heavy atom. The molecule has 0 bridgehead atoms. The van der Waals surface area contributed by atoms with E-state index in [4.69, 9.17) is 9.84 Å². The molecule has 0 aliphatic heterocycles. The van der Waals surface area contributed by atoms with E-state index in [1.165, 1.54) is 0 Å². The summed E-state index contributed by atoms with van der Waals surface area (Å²) in [7, 11) is 1.62. The van der Waals surface area contributed by atoms with Crippen molar-refractivity contribution in [1.29, 1.82) is 0 Å². The van der Waals surface area contributed by atoms with Crippen LogP contribution < -0.4 is 10.1 Å². The highest BCUT2D eigenvalue weighted by Crippen LogP contribution is 2.31. The molecule has 0 saturated heterocycles. The zero-order valence-electron chi connectivity index (χ0n) is 19.3. The number of nitrogens with one attached hydrogen (secondary N) is 1. The monoisotopic (exact) mass is 453 g/mol. The molecular formula is C25H23N7O2. The molecule has 0 fully saturated rings. The Morgan fingerprint density at radius 3 is 2.47 bits per heavy atom. The zero-order valence-corrected chi connectivity index (χ0v) is 19.3. The number of hydrogen-bond donors (Lipinski definition) is 1. The maximum atomic E-state index is 13.1. The van der Waals surface area contributed by atoms with E-state index in [2.05, 4.69) is 20.4 Å². The van der Waals surface area contributed by atoms with Gasteiger partial charge in [0.15, 0.2) is 0 Å². The predicted octanol–water partition coefficient (Wildman–Crippen LogP) is 4.16. The molecule has 1 amide bonds. The third-order valence-corrected chi connectivity index (χ3v) is 5.43. The van der Waals surface area contributed by atoms with Gasteiger partial charge in [0.2, 0.25) is 5.82 Å². The molecule has 5 rings (SSSR count). The van der Waals surface area contributed by atoms with Crippen molar-refractivity contribution in [3.63, 3.8) is 0 Å². The molecule has 3 heterocycles. The molecule has 1 N–H and O–H groups in total. The van der Waals surface area contributed by atoms with Crippen LogP contribution in [0.2, 0.25) is 0 Å². The van der Waals surface area contributed by atoms with Crippen molar-refractivity contribution in [1.82, 2.24) is 29.4 Å². The molecular weight excluding hydrogens is 430 g/mol. The molecule has 0 radical (unpaired) electrons. The Hall–Kier alpha value is -4.53. The Bertz CT molecular complexity index is 1520. The Balaban J connectivity index is 1.57. The number of aromatic nitrogens is 6. The van der Waals surface area contributed by atoms with Crippen LogP contribution in [0.5, 0.6) is 5.75 Å². The third kappa shape index (κ3) is 3.88. The lowest BCUT2D eigenvalue weighted by atomic mass is 10.1. The lowest BCUT2D eigenvalue weighted by Crippen LogP contribution is -2.16. The standard InChI is InChI=1S/C25H23N7O2/c1-15-9-11-18(12-10-15)32-22(14-20(29-32)19-7-5-6-8-21(19)34-4)27-24(33)23-28-25-26-16(2)13-17(3)31(25)30-23/h5-14H,1-4H3,(H,27,33). The summed E-state index contributed by atoms with van der Waals surface area (Å²) >= 11 is 0. The van der Waals surface area contributed by atoms with Gasteiger partial charge in [-0.05, 0) is 51.1 Å². The second kappa shape index (κ2) is 8.43. The molecule has 9 nitrogen and oxygen atoms in total. The molecule has 0 aliphatic rings. The number of aryl methyl sites for hydroxylation is 3. The van der Waals surface area contributed by atoms with Crippen LogP contribution in [0.25, 0.3) is 22.7 Å². The summed E-state index contributed by atoms with van der Waals surface area (Å²) in [5.74, 6) is 1.12. The van der Waals surface area contributed by atoms with E-state index in [-0.39, 0.29) is 5.82 Å². The molecule has 9 heteroatoms. The molecule has 0 spiro atoms. The highest BCUT2D eigenvalue weighted by Gasteiger charge is 2.20. The van der Waals surface area contributed by atoms with Crippen molar-refractivity contribution >= 4 is 17.5 Å². The first-order chi connectivity index (χ1) is 16.4. The number of methoxy groups -OCH3 is 1. The minimum Gasteiger partial charge on any atom is -0.496 e. The van der Waals surface area contributed by atoms with Crippen LogP contribution in [0.1, 0.15) is 27.6 Å². The first-order valence-corrected chi connectivity index (χ1v) is 10.8. The van der Waals surface area contributed by atoms with Gasteiger partial charge in [-0.15, -0.1) is 5.10 Å². The highest BCUT2D eigenvalue weighted by molar-refractivity contribution is 6.01. The zero-order chi connectivity index (χ0) is 23.8. The van der Waals surface area contributed by atoms with E-state index < -0.39 is 5.91 Å². The maximum absolute atomic E-state index is 13.1. The molecule has 0 saturated carbocycles. The van der Waals surface area contributed by atoms with Gasteiger partial charge in [-0.3, -0.25) is 4.79 Å². The van der Waals surface area contributed by atoms with E-state index in [1.54, 1.807) is 22.4 Å². The fraction of sp³-hybridized carbons (Fsp3) is 0.160. The second-order valence-electron chi connectivity index (χ2n) is 8.00. The molecule has 0 atom stereocenters. The number of ether oxygens (including phenoxy) is 1. The lowest BCUT2D eigenvalue weighted by Gasteiger charge is -2.08. The topological polar surface area (TPSA) is 99.2 Å². The summed E-state index contributed by atoms with van der Waals surface area (Å²) in [6, 6.07) is 19.2. The van der Waals surface area contributed by atoms with Gasteiger partial charge in [-0.2, -0.15) is 10.1 Å². The highest BCUT2D eigenvalue weighted by atomic mass is 16.5. The number of carbonyl (C=O) groups excluding carboxylic acids is 1. The molecule has 3 aromatic heterocycles. The Kier molecular flexibility index (Phi) is 5.29. The van der Waals surface area contributed by atoms with Gasteiger partial charge in [0.05, 0.1) is 18.5 Å². The summed E-state index contributed by atoms with van der Waals surface area (Å²) in [4.78, 5) is 21.8.